The highest BCUT2D eigenvalue weighted by Crippen LogP contribution is 2.40. The summed E-state index contributed by atoms with van der Waals surface area (Å²) in [5, 5.41) is 9.16. The van der Waals surface area contributed by atoms with Gasteiger partial charge in [0, 0.05) is 6.61 Å². The fourth-order valence-corrected chi connectivity index (χ4v) is 1.18. The molecule has 0 spiro atoms. The lowest BCUT2D eigenvalue weighted by Crippen LogP contribution is -2.36. The molecule has 0 rings (SSSR count). The van der Waals surface area contributed by atoms with Gasteiger partial charge in [-0.2, -0.15) is 0 Å². The van der Waals surface area contributed by atoms with Crippen molar-refractivity contribution in [2.24, 2.45) is 10.8 Å². The topological polar surface area (TPSA) is 20.2 Å². The first-order chi connectivity index (χ1) is 4.87. The molecule has 0 aromatic rings. The first-order valence-electron chi connectivity index (χ1n) is 4.48. The highest BCUT2D eigenvalue weighted by atomic mass is 16.3. The molecule has 0 heterocycles. The summed E-state index contributed by atoms with van der Waals surface area (Å²) in [6.45, 7) is 11.2. The van der Waals surface area contributed by atoms with E-state index in [1.54, 1.807) is 0 Å². The van der Waals surface area contributed by atoms with Crippen molar-refractivity contribution in [2.75, 3.05) is 6.61 Å². The number of hydrogen-bond donors (Lipinski definition) is 1. The first-order valence-corrected chi connectivity index (χ1v) is 4.48. The summed E-state index contributed by atoms with van der Waals surface area (Å²) >= 11 is 0. The Hall–Kier alpha value is 0.0249. The van der Waals surface area contributed by atoms with Crippen LogP contribution in [0.1, 0.15) is 27.7 Å². The van der Waals surface area contributed by atoms with Crippen molar-refractivity contribution in [2.45, 2.75) is 40.8 Å². The largest absolute Gasteiger partial charge is 0.396 e. The number of aliphatic hydroxyl groups excluding tert-OH is 1. The van der Waals surface area contributed by atoms with Gasteiger partial charge in [-0.3, -0.25) is 0 Å². The number of rotatable bonds is 4. The molecule has 0 saturated heterocycles. The van der Waals surface area contributed by atoms with Crippen molar-refractivity contribution in [1.82, 2.24) is 0 Å². The third-order valence-corrected chi connectivity index (χ3v) is 3.10. The second kappa shape index (κ2) is 3.62. The average molecular weight is 156 g/mol. The molecule has 0 bridgehead atoms. The Morgan fingerprint density at radius 2 is 1.55 bits per heavy atom. The molecule has 0 aliphatic heterocycles. The molecule has 2 heteroatoms. The van der Waals surface area contributed by atoms with E-state index in [4.69, 9.17) is 5.11 Å². The summed E-state index contributed by atoms with van der Waals surface area (Å²) in [5.74, 6) is 0. The van der Waals surface area contributed by atoms with Gasteiger partial charge in [0.2, 0.25) is 0 Å². The maximum atomic E-state index is 9.16. The highest BCUT2D eigenvalue weighted by molar-refractivity contribution is 6.33. The third kappa shape index (κ3) is 2.51. The monoisotopic (exact) mass is 156 g/mol. The van der Waals surface area contributed by atoms with Crippen LogP contribution in [0.15, 0.2) is 0 Å². The summed E-state index contributed by atoms with van der Waals surface area (Å²) in [7, 11) is 1.19. The van der Waals surface area contributed by atoms with E-state index in [1.165, 1.54) is 13.6 Å². The van der Waals surface area contributed by atoms with Crippen LogP contribution < -0.4 is 0 Å². The lowest BCUT2D eigenvalue weighted by atomic mass is 9.56. The van der Waals surface area contributed by atoms with Crippen molar-refractivity contribution in [3.63, 3.8) is 0 Å². The van der Waals surface area contributed by atoms with E-state index in [9.17, 15) is 0 Å². The maximum Gasteiger partial charge on any atom is 0.118 e. The van der Waals surface area contributed by atoms with Crippen LogP contribution in [0.5, 0.6) is 0 Å². The summed E-state index contributed by atoms with van der Waals surface area (Å²) in [5.41, 5.74) is 0.291. The second-order valence-corrected chi connectivity index (χ2v) is 4.68. The van der Waals surface area contributed by atoms with Crippen molar-refractivity contribution in [3.8, 4) is 0 Å². The van der Waals surface area contributed by atoms with Crippen LogP contribution in [0.2, 0.25) is 13.1 Å². The van der Waals surface area contributed by atoms with Crippen molar-refractivity contribution in [1.29, 1.82) is 0 Å². The lowest BCUT2D eigenvalue weighted by molar-refractivity contribution is 0.0504. The molecule has 11 heavy (non-hydrogen) atoms. The predicted molar refractivity (Wildman–Crippen MR) is 52.5 cm³/mol. The molecule has 0 atom stereocenters. The van der Waals surface area contributed by atoms with Gasteiger partial charge in [0.25, 0.3) is 0 Å². The average Bonchev–Trinajstić information content (AvgIpc) is 1.87. The Kier molecular flexibility index (Phi) is 3.63. The molecule has 1 N–H and O–H groups in total. The van der Waals surface area contributed by atoms with Crippen LogP contribution in [-0.4, -0.2) is 19.0 Å². The van der Waals surface area contributed by atoms with Gasteiger partial charge in [0.1, 0.15) is 7.28 Å². The van der Waals surface area contributed by atoms with Gasteiger partial charge >= 0.3 is 0 Å². The van der Waals surface area contributed by atoms with Crippen LogP contribution in [0.4, 0.5) is 0 Å². The third-order valence-electron chi connectivity index (χ3n) is 3.10. The Labute approximate surface area is 71.4 Å². The molecule has 0 aromatic heterocycles. The fraction of sp³-hybridized carbons (Fsp3) is 1.00. The normalized spacial score (nSPS) is 13.3. The molecule has 0 aromatic carbocycles. The van der Waals surface area contributed by atoms with Crippen LogP contribution >= 0.6 is 0 Å². The van der Waals surface area contributed by atoms with E-state index in [1.807, 2.05) is 0 Å². The van der Waals surface area contributed by atoms with Gasteiger partial charge in [-0.25, -0.2) is 0 Å². The predicted octanol–water partition coefficient (Wildman–Crippen LogP) is 1.93. The molecule has 1 nitrogen and oxygen atoms in total. The van der Waals surface area contributed by atoms with E-state index < -0.39 is 0 Å². The molecular weight excluding hydrogens is 135 g/mol. The van der Waals surface area contributed by atoms with Crippen molar-refractivity contribution >= 4 is 7.28 Å². The van der Waals surface area contributed by atoms with Gasteiger partial charge in [0.15, 0.2) is 0 Å². The molecular formula is C9H21BO. The molecule has 0 radical (unpaired) electrons. The van der Waals surface area contributed by atoms with E-state index in [0.29, 0.717) is 0 Å². The first kappa shape index (κ1) is 11.0. The van der Waals surface area contributed by atoms with E-state index >= 15 is 0 Å². The molecule has 0 fully saturated rings. The minimum Gasteiger partial charge on any atom is -0.396 e. The van der Waals surface area contributed by atoms with Gasteiger partial charge in [-0.05, 0) is 10.8 Å². The lowest BCUT2D eigenvalue weighted by Gasteiger charge is -2.40. The number of aliphatic hydroxyl groups is 1. The highest BCUT2D eigenvalue weighted by Gasteiger charge is 2.35. The van der Waals surface area contributed by atoms with Crippen LogP contribution in [0.3, 0.4) is 0 Å². The van der Waals surface area contributed by atoms with E-state index in [2.05, 4.69) is 34.5 Å². The van der Waals surface area contributed by atoms with Gasteiger partial charge < -0.3 is 5.11 Å². The SMILES string of the molecule is CBCC(C)(C)C(C)(C)CO. The second-order valence-electron chi connectivity index (χ2n) is 4.68. The quantitative estimate of drug-likeness (QED) is 0.616. The van der Waals surface area contributed by atoms with Crippen molar-refractivity contribution in [3.05, 3.63) is 0 Å². The molecule has 0 unspecified atom stereocenters. The Balaban J connectivity index is 4.26. The molecule has 0 saturated carbocycles. The standard InChI is InChI=1S/C9H21BO/c1-8(2,6-10-5)9(3,4)7-11/h10-11H,6-7H2,1-5H3. The fourth-order valence-electron chi connectivity index (χ4n) is 1.18. The molecule has 0 amide bonds. The maximum absolute atomic E-state index is 9.16. The van der Waals surface area contributed by atoms with E-state index in [-0.39, 0.29) is 17.4 Å². The number of hydrogen-bond acceptors (Lipinski definition) is 1. The van der Waals surface area contributed by atoms with Crippen molar-refractivity contribution < 1.29 is 5.11 Å². The Morgan fingerprint density at radius 1 is 1.09 bits per heavy atom. The zero-order chi connectivity index (χ0) is 9.12. The smallest absolute Gasteiger partial charge is 0.118 e. The zero-order valence-corrected chi connectivity index (χ0v) is 8.57. The van der Waals surface area contributed by atoms with Crippen LogP contribution in [0.25, 0.3) is 0 Å². The molecule has 66 valence electrons. The van der Waals surface area contributed by atoms with E-state index in [0.717, 1.165) is 0 Å². The summed E-state index contributed by atoms with van der Waals surface area (Å²) in [4.78, 5) is 0. The zero-order valence-electron chi connectivity index (χ0n) is 8.57. The van der Waals surface area contributed by atoms with Gasteiger partial charge in [-0.1, -0.05) is 40.8 Å². The summed E-state index contributed by atoms with van der Waals surface area (Å²) in [6, 6.07) is 0. The van der Waals surface area contributed by atoms with Gasteiger partial charge in [-0.15, -0.1) is 0 Å². The summed E-state index contributed by atoms with van der Waals surface area (Å²) < 4.78 is 0. The Bertz CT molecular complexity index is 119. The minimum atomic E-state index is 0.0447. The van der Waals surface area contributed by atoms with Crippen LogP contribution in [-0.2, 0) is 0 Å². The van der Waals surface area contributed by atoms with Gasteiger partial charge in [0.05, 0.1) is 0 Å². The molecule has 0 aliphatic carbocycles. The molecule has 0 aliphatic rings. The van der Waals surface area contributed by atoms with Crippen LogP contribution in [0, 0.1) is 10.8 Å². The Morgan fingerprint density at radius 3 is 1.82 bits per heavy atom. The summed E-state index contributed by atoms with van der Waals surface area (Å²) in [6.07, 6.45) is 1.18. The minimum absolute atomic E-state index is 0.0447.